The summed E-state index contributed by atoms with van der Waals surface area (Å²) in [5.74, 6) is -0.310. The van der Waals surface area contributed by atoms with Crippen LogP contribution in [0.15, 0.2) is 95.3 Å². The van der Waals surface area contributed by atoms with Crippen LogP contribution >= 0.6 is 11.3 Å². The SMILES string of the molecule is Cc1ccccc1-c1cc(C(=O)Nc2ccc(S(=O)(=O)Nc3nccs3)cc2)c2ccccc2n1. The van der Waals surface area contributed by atoms with Crippen molar-refractivity contribution in [2.75, 3.05) is 10.0 Å². The molecule has 0 aliphatic rings. The first-order chi connectivity index (χ1) is 16.9. The number of carbonyl (C=O) groups excluding carboxylic acids is 1. The summed E-state index contributed by atoms with van der Waals surface area (Å²) in [5.41, 5.74) is 4.40. The lowest BCUT2D eigenvalue weighted by molar-refractivity contribution is 0.102. The van der Waals surface area contributed by atoms with Gasteiger partial charge >= 0.3 is 0 Å². The van der Waals surface area contributed by atoms with Crippen molar-refractivity contribution in [1.29, 1.82) is 0 Å². The van der Waals surface area contributed by atoms with Crippen LogP contribution in [0.3, 0.4) is 0 Å². The number of amides is 1. The quantitative estimate of drug-likeness (QED) is 0.311. The minimum Gasteiger partial charge on any atom is -0.322 e. The Bertz CT molecular complexity index is 1630. The normalized spacial score (nSPS) is 11.3. The van der Waals surface area contributed by atoms with E-state index in [2.05, 4.69) is 15.0 Å². The zero-order valence-corrected chi connectivity index (χ0v) is 20.2. The fraction of sp³-hybridized carbons (Fsp3) is 0.0385. The summed E-state index contributed by atoms with van der Waals surface area (Å²) in [6.45, 7) is 2.00. The number of benzene rings is 3. The van der Waals surface area contributed by atoms with Crippen molar-refractivity contribution in [3.8, 4) is 11.3 Å². The lowest BCUT2D eigenvalue weighted by Crippen LogP contribution is -2.14. The predicted octanol–water partition coefficient (Wildman–Crippen LogP) is 5.72. The van der Waals surface area contributed by atoms with E-state index >= 15 is 0 Å². The van der Waals surface area contributed by atoms with Crippen LogP contribution in [-0.2, 0) is 10.0 Å². The fourth-order valence-electron chi connectivity index (χ4n) is 3.73. The highest BCUT2D eigenvalue weighted by Gasteiger charge is 2.17. The molecule has 0 aliphatic heterocycles. The molecule has 1 amide bonds. The Kier molecular flexibility index (Phi) is 6.02. The Labute approximate surface area is 206 Å². The van der Waals surface area contributed by atoms with Crippen LogP contribution in [0.5, 0.6) is 0 Å². The molecule has 2 aromatic heterocycles. The molecular weight excluding hydrogens is 480 g/mol. The first-order valence-corrected chi connectivity index (χ1v) is 13.1. The van der Waals surface area contributed by atoms with E-state index in [0.29, 0.717) is 22.5 Å². The number of hydrogen-bond donors (Lipinski definition) is 2. The molecule has 35 heavy (non-hydrogen) atoms. The van der Waals surface area contributed by atoms with Crippen molar-refractivity contribution in [1.82, 2.24) is 9.97 Å². The van der Waals surface area contributed by atoms with E-state index in [-0.39, 0.29) is 15.9 Å². The molecule has 0 saturated heterocycles. The van der Waals surface area contributed by atoms with E-state index in [1.807, 2.05) is 55.5 Å². The van der Waals surface area contributed by atoms with Crippen molar-refractivity contribution < 1.29 is 13.2 Å². The molecule has 0 atom stereocenters. The smallest absolute Gasteiger partial charge is 0.263 e. The number of rotatable bonds is 6. The first-order valence-electron chi connectivity index (χ1n) is 10.7. The van der Waals surface area contributed by atoms with Gasteiger partial charge < -0.3 is 5.32 Å². The summed E-state index contributed by atoms with van der Waals surface area (Å²) in [4.78, 5) is 22.1. The minimum absolute atomic E-state index is 0.0712. The third-order valence-corrected chi connectivity index (χ3v) is 7.63. The van der Waals surface area contributed by atoms with E-state index in [1.165, 1.54) is 29.7 Å². The number of pyridine rings is 1. The minimum atomic E-state index is -3.77. The van der Waals surface area contributed by atoms with Crippen LogP contribution in [0, 0.1) is 6.92 Å². The second-order valence-electron chi connectivity index (χ2n) is 7.81. The van der Waals surface area contributed by atoms with Crippen LogP contribution in [0.4, 0.5) is 10.8 Å². The standard InChI is InChI=1S/C26H20N4O3S2/c1-17-6-2-3-7-20(17)24-16-22(21-8-4-5-9-23(21)29-24)25(31)28-18-10-12-19(13-11-18)35(32,33)30-26-27-14-15-34-26/h2-16H,1H3,(H,27,30)(H,28,31). The number of nitrogens with one attached hydrogen (secondary N) is 2. The summed E-state index contributed by atoms with van der Waals surface area (Å²) in [7, 11) is -3.77. The number of fused-ring (bicyclic) bond motifs is 1. The molecule has 0 radical (unpaired) electrons. The topological polar surface area (TPSA) is 101 Å². The van der Waals surface area contributed by atoms with Crippen LogP contribution in [0.1, 0.15) is 15.9 Å². The van der Waals surface area contributed by atoms with E-state index in [1.54, 1.807) is 23.6 Å². The van der Waals surface area contributed by atoms with Gasteiger partial charge in [-0.15, -0.1) is 11.3 Å². The van der Waals surface area contributed by atoms with E-state index in [9.17, 15) is 13.2 Å². The van der Waals surface area contributed by atoms with Gasteiger partial charge in [-0.25, -0.2) is 18.4 Å². The summed E-state index contributed by atoms with van der Waals surface area (Å²) in [5, 5.41) is 5.58. The van der Waals surface area contributed by atoms with Gasteiger partial charge in [0.1, 0.15) is 0 Å². The Morgan fingerprint density at radius 1 is 0.943 bits per heavy atom. The number of para-hydroxylation sites is 1. The van der Waals surface area contributed by atoms with Crippen molar-refractivity contribution in [3.63, 3.8) is 0 Å². The van der Waals surface area contributed by atoms with Crippen molar-refractivity contribution >= 4 is 49.0 Å². The molecule has 0 fully saturated rings. The maximum atomic E-state index is 13.3. The molecule has 0 saturated carbocycles. The molecule has 0 aliphatic carbocycles. The Balaban J connectivity index is 1.44. The zero-order valence-electron chi connectivity index (χ0n) is 18.6. The molecule has 5 rings (SSSR count). The van der Waals surface area contributed by atoms with Gasteiger partial charge in [0, 0.05) is 28.2 Å². The van der Waals surface area contributed by atoms with Crippen LogP contribution in [-0.4, -0.2) is 24.3 Å². The monoisotopic (exact) mass is 500 g/mol. The average molecular weight is 501 g/mol. The van der Waals surface area contributed by atoms with E-state index in [0.717, 1.165) is 16.5 Å². The number of carbonyl (C=O) groups is 1. The molecule has 0 bridgehead atoms. The van der Waals surface area contributed by atoms with Gasteiger partial charge in [-0.2, -0.15) is 0 Å². The van der Waals surface area contributed by atoms with Gasteiger partial charge in [-0.1, -0.05) is 42.5 Å². The Morgan fingerprint density at radius 3 is 2.43 bits per heavy atom. The second kappa shape index (κ2) is 9.28. The van der Waals surface area contributed by atoms with E-state index in [4.69, 9.17) is 4.98 Å². The number of hydrogen-bond acceptors (Lipinski definition) is 6. The lowest BCUT2D eigenvalue weighted by Gasteiger charge is -2.12. The Morgan fingerprint density at radius 2 is 1.69 bits per heavy atom. The highest BCUT2D eigenvalue weighted by molar-refractivity contribution is 7.93. The molecule has 174 valence electrons. The molecule has 9 heteroatoms. The maximum absolute atomic E-state index is 13.3. The molecule has 3 aromatic carbocycles. The average Bonchev–Trinajstić information content (AvgIpc) is 3.36. The number of sulfonamides is 1. The zero-order chi connectivity index (χ0) is 24.4. The van der Waals surface area contributed by atoms with Crippen LogP contribution < -0.4 is 10.0 Å². The third kappa shape index (κ3) is 4.77. The summed E-state index contributed by atoms with van der Waals surface area (Å²) < 4.78 is 27.6. The summed E-state index contributed by atoms with van der Waals surface area (Å²) in [6, 6.07) is 23.2. The first kappa shape index (κ1) is 22.7. The molecule has 7 nitrogen and oxygen atoms in total. The number of anilines is 2. The third-order valence-electron chi connectivity index (χ3n) is 5.46. The van der Waals surface area contributed by atoms with Gasteiger partial charge in [0.2, 0.25) is 0 Å². The Hall–Kier alpha value is -4.08. The van der Waals surface area contributed by atoms with Gasteiger partial charge in [-0.3, -0.25) is 9.52 Å². The fourth-order valence-corrected chi connectivity index (χ4v) is 5.51. The summed E-state index contributed by atoms with van der Waals surface area (Å²) >= 11 is 1.19. The van der Waals surface area contributed by atoms with Crippen LogP contribution in [0.2, 0.25) is 0 Å². The van der Waals surface area contributed by atoms with Gasteiger partial charge in [0.05, 0.1) is 21.7 Å². The second-order valence-corrected chi connectivity index (χ2v) is 10.4. The maximum Gasteiger partial charge on any atom is 0.263 e. The van der Waals surface area contributed by atoms with Crippen molar-refractivity contribution in [3.05, 3.63) is 102 Å². The highest BCUT2D eigenvalue weighted by atomic mass is 32.2. The van der Waals surface area contributed by atoms with Gasteiger partial charge in [0.15, 0.2) is 5.13 Å². The summed E-state index contributed by atoms with van der Waals surface area (Å²) in [6.07, 6.45) is 1.52. The molecule has 0 spiro atoms. The number of thiazole rings is 1. The number of aryl methyl sites for hydroxylation is 1. The van der Waals surface area contributed by atoms with Crippen molar-refractivity contribution in [2.24, 2.45) is 0 Å². The molecule has 2 heterocycles. The highest BCUT2D eigenvalue weighted by Crippen LogP contribution is 2.28. The van der Waals surface area contributed by atoms with Gasteiger partial charge in [0.25, 0.3) is 15.9 Å². The van der Waals surface area contributed by atoms with Gasteiger partial charge in [-0.05, 0) is 48.9 Å². The molecule has 0 unspecified atom stereocenters. The number of nitrogens with zero attached hydrogens (tertiary/aromatic N) is 2. The largest absolute Gasteiger partial charge is 0.322 e. The predicted molar refractivity (Wildman–Crippen MR) is 139 cm³/mol. The van der Waals surface area contributed by atoms with Crippen molar-refractivity contribution in [2.45, 2.75) is 11.8 Å². The molecule has 2 N–H and O–H groups in total. The molecular formula is C26H20N4O3S2. The molecule has 5 aromatic rings. The lowest BCUT2D eigenvalue weighted by atomic mass is 10.0. The van der Waals surface area contributed by atoms with E-state index < -0.39 is 10.0 Å². The number of aromatic nitrogens is 2. The van der Waals surface area contributed by atoms with Crippen LogP contribution in [0.25, 0.3) is 22.2 Å².